The lowest BCUT2D eigenvalue weighted by atomic mass is 9.82. The summed E-state index contributed by atoms with van der Waals surface area (Å²) in [5.41, 5.74) is -0.424. The molecule has 0 aliphatic heterocycles. The van der Waals surface area contributed by atoms with Crippen LogP contribution in [0.15, 0.2) is 0 Å². The molecule has 3 unspecified atom stereocenters. The first kappa shape index (κ1) is 18.6. The summed E-state index contributed by atoms with van der Waals surface area (Å²) in [5.74, 6) is 2.45. The molecule has 3 atom stereocenters. The molecule has 2 aliphatic rings. The van der Waals surface area contributed by atoms with Gasteiger partial charge in [-0.05, 0) is 70.8 Å². The molecule has 4 heteroatoms. The van der Waals surface area contributed by atoms with Crippen molar-refractivity contribution in [1.82, 2.24) is 10.2 Å². The maximum atomic E-state index is 12.0. The molecular weight excluding hydrogens is 288 g/mol. The number of hydrogen-bond donors (Lipinski definition) is 1. The normalized spacial score (nSPS) is 26.7. The molecule has 0 aromatic carbocycles. The molecule has 0 aromatic rings. The number of nitrogens with zero attached hydrogens (tertiary/aromatic N) is 1. The molecule has 0 heterocycles. The number of ether oxygens (including phenoxy) is 1. The monoisotopic (exact) mass is 324 g/mol. The van der Waals surface area contributed by atoms with Crippen molar-refractivity contribution in [2.75, 3.05) is 20.1 Å². The van der Waals surface area contributed by atoms with Crippen LogP contribution in [0.2, 0.25) is 0 Å². The summed E-state index contributed by atoms with van der Waals surface area (Å²) in [6, 6.07) is 0.684. The average molecular weight is 325 g/mol. The van der Waals surface area contributed by atoms with Crippen molar-refractivity contribution < 1.29 is 9.53 Å². The molecule has 0 saturated heterocycles. The van der Waals surface area contributed by atoms with Crippen LogP contribution in [0, 0.1) is 17.8 Å². The molecule has 134 valence electrons. The van der Waals surface area contributed by atoms with E-state index in [0.717, 1.165) is 24.9 Å². The van der Waals surface area contributed by atoms with Gasteiger partial charge in [0.05, 0.1) is 0 Å². The zero-order chi connectivity index (χ0) is 17.0. The second kappa shape index (κ2) is 7.87. The van der Waals surface area contributed by atoms with Gasteiger partial charge in [0, 0.05) is 19.6 Å². The van der Waals surface area contributed by atoms with Gasteiger partial charge in [0.25, 0.3) is 0 Å². The number of hydrogen-bond acceptors (Lipinski definition) is 3. The van der Waals surface area contributed by atoms with Crippen molar-refractivity contribution in [2.24, 2.45) is 17.8 Å². The third-order valence-corrected chi connectivity index (χ3v) is 5.05. The molecule has 2 aliphatic carbocycles. The van der Waals surface area contributed by atoms with Crippen molar-refractivity contribution in [2.45, 2.75) is 77.9 Å². The summed E-state index contributed by atoms with van der Waals surface area (Å²) in [5, 5.41) is 3.75. The molecular formula is C19H36N2O2. The zero-order valence-corrected chi connectivity index (χ0v) is 15.7. The summed E-state index contributed by atoms with van der Waals surface area (Å²) in [6.07, 6.45) is 8.21. The van der Waals surface area contributed by atoms with E-state index in [2.05, 4.69) is 12.2 Å². The highest BCUT2D eigenvalue weighted by Crippen LogP contribution is 2.43. The molecule has 2 fully saturated rings. The molecule has 1 N–H and O–H groups in total. The molecule has 2 rings (SSSR count). The highest BCUT2D eigenvalue weighted by atomic mass is 16.6. The largest absolute Gasteiger partial charge is 0.444 e. The fraction of sp³-hybridized carbons (Fsp3) is 0.947. The Morgan fingerprint density at radius 3 is 2.52 bits per heavy atom. The van der Waals surface area contributed by atoms with E-state index in [0.29, 0.717) is 12.0 Å². The van der Waals surface area contributed by atoms with Gasteiger partial charge in [-0.25, -0.2) is 4.79 Å². The van der Waals surface area contributed by atoms with Crippen LogP contribution in [-0.4, -0.2) is 42.8 Å². The molecule has 0 bridgehead atoms. The first-order valence-corrected chi connectivity index (χ1v) is 9.42. The van der Waals surface area contributed by atoms with E-state index in [1.807, 2.05) is 27.8 Å². The van der Waals surface area contributed by atoms with Crippen molar-refractivity contribution >= 4 is 6.09 Å². The SMILES string of the molecule is CC(CNC1CCCC(C2CC2)C1)CN(C)C(=O)OC(C)(C)C. The Labute approximate surface area is 142 Å². The smallest absolute Gasteiger partial charge is 0.410 e. The van der Waals surface area contributed by atoms with Gasteiger partial charge in [-0.1, -0.05) is 19.8 Å². The minimum absolute atomic E-state index is 0.226. The number of rotatable bonds is 6. The molecule has 0 spiro atoms. The average Bonchev–Trinajstić information content (AvgIpc) is 3.28. The van der Waals surface area contributed by atoms with Gasteiger partial charge in [-0.15, -0.1) is 0 Å². The van der Waals surface area contributed by atoms with Crippen LogP contribution < -0.4 is 5.32 Å². The Kier molecular flexibility index (Phi) is 6.35. The van der Waals surface area contributed by atoms with Gasteiger partial charge in [-0.2, -0.15) is 0 Å². The number of carbonyl (C=O) groups is 1. The Morgan fingerprint density at radius 1 is 1.22 bits per heavy atom. The lowest BCUT2D eigenvalue weighted by molar-refractivity contribution is 0.0276. The molecule has 0 aromatic heterocycles. The maximum Gasteiger partial charge on any atom is 0.410 e. The van der Waals surface area contributed by atoms with Crippen LogP contribution in [-0.2, 0) is 4.74 Å². The minimum atomic E-state index is -0.424. The lowest BCUT2D eigenvalue weighted by Crippen LogP contribution is -2.41. The molecule has 4 nitrogen and oxygen atoms in total. The van der Waals surface area contributed by atoms with Crippen LogP contribution in [0.5, 0.6) is 0 Å². The fourth-order valence-electron chi connectivity index (χ4n) is 3.72. The Hall–Kier alpha value is -0.770. The predicted octanol–water partition coefficient (Wildman–Crippen LogP) is 4.05. The zero-order valence-electron chi connectivity index (χ0n) is 15.7. The van der Waals surface area contributed by atoms with E-state index in [9.17, 15) is 4.79 Å². The van der Waals surface area contributed by atoms with Gasteiger partial charge < -0.3 is 15.0 Å². The van der Waals surface area contributed by atoms with Crippen LogP contribution in [0.25, 0.3) is 0 Å². The van der Waals surface area contributed by atoms with Crippen molar-refractivity contribution in [3.05, 3.63) is 0 Å². The van der Waals surface area contributed by atoms with E-state index < -0.39 is 5.60 Å². The van der Waals surface area contributed by atoms with E-state index in [1.54, 1.807) is 4.90 Å². The minimum Gasteiger partial charge on any atom is -0.444 e. The first-order valence-electron chi connectivity index (χ1n) is 9.42. The van der Waals surface area contributed by atoms with Crippen LogP contribution in [0.4, 0.5) is 4.79 Å². The number of carbonyl (C=O) groups excluding carboxylic acids is 1. The predicted molar refractivity (Wildman–Crippen MR) is 94.5 cm³/mol. The van der Waals surface area contributed by atoms with Gasteiger partial charge in [0.2, 0.25) is 0 Å². The van der Waals surface area contributed by atoms with Gasteiger partial charge in [0.1, 0.15) is 5.60 Å². The Morgan fingerprint density at radius 2 is 1.91 bits per heavy atom. The van der Waals surface area contributed by atoms with Gasteiger partial charge in [-0.3, -0.25) is 0 Å². The summed E-state index contributed by atoms with van der Waals surface area (Å²) >= 11 is 0. The summed E-state index contributed by atoms with van der Waals surface area (Å²) in [4.78, 5) is 13.7. The fourth-order valence-corrected chi connectivity index (χ4v) is 3.72. The van der Waals surface area contributed by atoms with Crippen molar-refractivity contribution in [3.63, 3.8) is 0 Å². The summed E-state index contributed by atoms with van der Waals surface area (Å²) < 4.78 is 5.41. The summed E-state index contributed by atoms with van der Waals surface area (Å²) in [6.45, 7) is 9.64. The van der Waals surface area contributed by atoms with Crippen LogP contribution in [0.3, 0.4) is 0 Å². The van der Waals surface area contributed by atoms with E-state index in [-0.39, 0.29) is 6.09 Å². The maximum absolute atomic E-state index is 12.0. The van der Waals surface area contributed by atoms with E-state index >= 15 is 0 Å². The van der Waals surface area contributed by atoms with E-state index in [4.69, 9.17) is 4.74 Å². The quantitative estimate of drug-likeness (QED) is 0.801. The van der Waals surface area contributed by atoms with Crippen molar-refractivity contribution in [1.29, 1.82) is 0 Å². The lowest BCUT2D eigenvalue weighted by Gasteiger charge is -2.31. The van der Waals surface area contributed by atoms with E-state index in [1.165, 1.54) is 38.5 Å². The number of nitrogens with one attached hydrogen (secondary N) is 1. The Balaban J connectivity index is 1.65. The highest BCUT2D eigenvalue weighted by molar-refractivity contribution is 5.67. The van der Waals surface area contributed by atoms with Crippen LogP contribution in [0.1, 0.15) is 66.2 Å². The first-order chi connectivity index (χ1) is 10.7. The van der Waals surface area contributed by atoms with Crippen molar-refractivity contribution in [3.8, 4) is 0 Å². The third kappa shape index (κ3) is 6.70. The van der Waals surface area contributed by atoms with Crippen LogP contribution >= 0.6 is 0 Å². The standard InChI is InChI=1S/C19H36N2O2/c1-14(13-21(5)18(22)23-19(2,3)4)12-20-17-8-6-7-16(11-17)15-9-10-15/h14-17,20H,6-13H2,1-5H3. The third-order valence-electron chi connectivity index (χ3n) is 5.05. The second-order valence-corrected chi connectivity index (χ2v) is 8.84. The topological polar surface area (TPSA) is 41.6 Å². The summed E-state index contributed by atoms with van der Waals surface area (Å²) in [7, 11) is 1.83. The highest BCUT2D eigenvalue weighted by Gasteiger charge is 2.34. The molecule has 1 amide bonds. The molecule has 0 radical (unpaired) electrons. The van der Waals surface area contributed by atoms with Gasteiger partial charge >= 0.3 is 6.09 Å². The molecule has 23 heavy (non-hydrogen) atoms. The number of amides is 1. The van der Waals surface area contributed by atoms with Gasteiger partial charge in [0.15, 0.2) is 0 Å². The second-order valence-electron chi connectivity index (χ2n) is 8.84. The Bertz CT molecular complexity index is 387. The molecule has 2 saturated carbocycles.